The van der Waals surface area contributed by atoms with Crippen LogP contribution in [0.25, 0.3) is 0 Å². The molecule has 1 aliphatic rings. The van der Waals surface area contributed by atoms with Crippen molar-refractivity contribution in [2.45, 2.75) is 31.9 Å². The molecule has 1 saturated heterocycles. The van der Waals surface area contributed by atoms with E-state index in [-0.39, 0.29) is 24.5 Å². The molecule has 32 heavy (non-hydrogen) atoms. The summed E-state index contributed by atoms with van der Waals surface area (Å²) >= 11 is 12.1. The van der Waals surface area contributed by atoms with Crippen LogP contribution in [0, 0.1) is 0 Å². The highest BCUT2D eigenvalue weighted by molar-refractivity contribution is 6.42. The zero-order chi connectivity index (χ0) is 23.5. The number of amides is 1. The number of rotatable bonds is 12. The molecule has 1 aliphatic heterocycles. The summed E-state index contributed by atoms with van der Waals surface area (Å²) in [6.07, 6.45) is 9.24. The molecule has 0 N–H and O–H groups in total. The van der Waals surface area contributed by atoms with Crippen molar-refractivity contribution in [3.05, 3.63) is 70.3 Å². The van der Waals surface area contributed by atoms with Crippen LogP contribution >= 0.6 is 23.2 Å². The van der Waals surface area contributed by atoms with Gasteiger partial charge in [0.2, 0.25) is 5.91 Å². The quantitative estimate of drug-likeness (QED) is 0.318. The maximum Gasteiger partial charge on any atom is 0.227 e. The molecular formula is C25H34Cl2N2O3. The third kappa shape index (κ3) is 8.38. The third-order valence-corrected chi connectivity index (χ3v) is 6.28. The number of carbonyl (C=O) groups is 1. The van der Waals surface area contributed by atoms with E-state index in [9.17, 15) is 4.79 Å². The van der Waals surface area contributed by atoms with Gasteiger partial charge in [-0.3, -0.25) is 9.69 Å². The Morgan fingerprint density at radius 1 is 1.31 bits per heavy atom. The number of hydrogen-bond donors (Lipinski definition) is 0. The molecule has 0 spiro atoms. The van der Waals surface area contributed by atoms with Crippen LogP contribution < -0.4 is 0 Å². The molecule has 0 saturated carbocycles. The third-order valence-electron chi connectivity index (χ3n) is 5.54. The minimum Gasteiger partial charge on any atom is -0.382 e. The van der Waals surface area contributed by atoms with Crippen molar-refractivity contribution in [3.8, 4) is 0 Å². The van der Waals surface area contributed by atoms with Gasteiger partial charge in [0.25, 0.3) is 0 Å². The Balaban J connectivity index is 2.07. The zero-order valence-corrected chi connectivity index (χ0v) is 20.7. The minimum atomic E-state index is -0.149. The number of halogens is 2. The van der Waals surface area contributed by atoms with Gasteiger partial charge in [0.15, 0.2) is 0 Å². The number of likely N-dealkylation sites (tertiary alicyclic amines) is 1. The van der Waals surface area contributed by atoms with E-state index in [0.717, 1.165) is 30.6 Å². The molecule has 2 rings (SSSR count). The predicted molar refractivity (Wildman–Crippen MR) is 132 cm³/mol. The number of carbonyl (C=O) groups excluding carboxylic acids is 1. The summed E-state index contributed by atoms with van der Waals surface area (Å²) in [5, 5.41) is 0.930. The average Bonchev–Trinajstić information content (AvgIpc) is 3.21. The van der Waals surface area contributed by atoms with E-state index in [0.29, 0.717) is 29.8 Å². The number of ether oxygens (including phenoxy) is 2. The second-order valence-corrected chi connectivity index (χ2v) is 8.75. The largest absolute Gasteiger partial charge is 0.382 e. The van der Waals surface area contributed by atoms with Gasteiger partial charge in [-0.25, -0.2) is 0 Å². The van der Waals surface area contributed by atoms with Crippen LogP contribution in [-0.4, -0.2) is 74.9 Å². The molecule has 7 heteroatoms. The molecule has 0 bridgehead atoms. The van der Waals surface area contributed by atoms with Crippen LogP contribution in [0.1, 0.15) is 18.9 Å². The highest BCUT2D eigenvalue weighted by Gasteiger charge is 2.29. The molecular weight excluding hydrogens is 447 g/mol. The van der Waals surface area contributed by atoms with Crippen molar-refractivity contribution in [2.24, 2.45) is 0 Å². The van der Waals surface area contributed by atoms with E-state index in [1.54, 1.807) is 24.1 Å². The van der Waals surface area contributed by atoms with Gasteiger partial charge >= 0.3 is 0 Å². The molecule has 1 aromatic rings. The molecule has 0 aromatic heterocycles. The number of allylic oxidation sites excluding steroid dienone is 3. The highest BCUT2D eigenvalue weighted by Crippen LogP contribution is 2.24. The number of benzene rings is 1. The Kier molecular flexibility index (Phi) is 11.5. The van der Waals surface area contributed by atoms with E-state index in [1.807, 2.05) is 44.3 Å². The molecule has 1 heterocycles. The summed E-state index contributed by atoms with van der Waals surface area (Å²) in [7, 11) is 3.51. The first-order chi connectivity index (χ1) is 15.3. The van der Waals surface area contributed by atoms with Crippen LogP contribution in [0.2, 0.25) is 10.0 Å². The Hall–Kier alpha value is -1.63. The molecule has 2 atom stereocenters. The normalized spacial score (nSPS) is 18.0. The lowest BCUT2D eigenvalue weighted by Crippen LogP contribution is -2.46. The molecule has 5 nitrogen and oxygen atoms in total. The van der Waals surface area contributed by atoms with Crippen molar-refractivity contribution in [3.63, 3.8) is 0 Å². The summed E-state index contributed by atoms with van der Waals surface area (Å²) < 4.78 is 11.0. The van der Waals surface area contributed by atoms with Gasteiger partial charge in [0.1, 0.15) is 0 Å². The monoisotopic (exact) mass is 480 g/mol. The second kappa shape index (κ2) is 13.8. The molecule has 2 unspecified atom stereocenters. The Labute approximate surface area is 202 Å². The second-order valence-electron chi connectivity index (χ2n) is 7.94. The van der Waals surface area contributed by atoms with E-state index in [2.05, 4.69) is 11.5 Å². The van der Waals surface area contributed by atoms with Gasteiger partial charge in [-0.1, -0.05) is 60.2 Å². The van der Waals surface area contributed by atoms with Crippen LogP contribution in [-0.2, 0) is 20.7 Å². The van der Waals surface area contributed by atoms with E-state index < -0.39 is 0 Å². The summed E-state index contributed by atoms with van der Waals surface area (Å²) in [4.78, 5) is 17.2. The van der Waals surface area contributed by atoms with Crippen molar-refractivity contribution in [1.29, 1.82) is 0 Å². The first-order valence-electron chi connectivity index (χ1n) is 10.9. The first kappa shape index (κ1) is 26.6. The molecule has 1 aromatic carbocycles. The summed E-state index contributed by atoms with van der Waals surface area (Å²) in [5.41, 5.74) is 1.72. The Morgan fingerprint density at radius 3 is 2.78 bits per heavy atom. The maximum atomic E-state index is 13.1. The number of likely N-dealkylation sites (N-methyl/N-ethyl adjacent to an activating group) is 1. The van der Waals surface area contributed by atoms with Gasteiger partial charge in [0.05, 0.1) is 41.8 Å². The van der Waals surface area contributed by atoms with Crippen molar-refractivity contribution < 1.29 is 14.3 Å². The average molecular weight is 481 g/mol. The Morgan fingerprint density at radius 2 is 2.09 bits per heavy atom. The van der Waals surface area contributed by atoms with Crippen molar-refractivity contribution >= 4 is 29.1 Å². The van der Waals surface area contributed by atoms with Crippen molar-refractivity contribution in [2.75, 3.05) is 47.0 Å². The molecule has 0 radical (unpaired) electrons. The summed E-state index contributed by atoms with van der Waals surface area (Å²) in [6, 6.07) is 5.15. The minimum absolute atomic E-state index is 0.000985. The van der Waals surface area contributed by atoms with Gasteiger partial charge in [-0.2, -0.15) is 0 Å². The van der Waals surface area contributed by atoms with Crippen molar-refractivity contribution in [1.82, 2.24) is 9.80 Å². The van der Waals surface area contributed by atoms with Crippen LogP contribution in [0.15, 0.2) is 54.7 Å². The zero-order valence-electron chi connectivity index (χ0n) is 19.2. The SMILES string of the molecule is C=C(C=CC=CC)C(CN1CCC(OCCOC)C1)N(C)C(=O)Cc1ccc(Cl)c(Cl)c1. The number of methoxy groups -OCH3 is 1. The standard InChI is InChI=1S/C25H34Cl2N2O3/c1-5-6-7-8-19(2)24(18-29-12-11-21(17-29)32-14-13-31-4)28(3)25(30)16-20-9-10-22(26)23(27)15-20/h5-10,15,21,24H,2,11-14,16-18H2,1,3-4H3. The van der Waals surface area contributed by atoms with Gasteiger partial charge in [-0.15, -0.1) is 0 Å². The van der Waals surface area contributed by atoms with E-state index >= 15 is 0 Å². The Bertz CT molecular complexity index is 825. The van der Waals surface area contributed by atoms with Gasteiger partial charge in [0, 0.05) is 33.8 Å². The molecule has 1 amide bonds. The number of hydrogen-bond acceptors (Lipinski definition) is 4. The van der Waals surface area contributed by atoms with E-state index in [1.165, 1.54) is 0 Å². The maximum absolute atomic E-state index is 13.1. The topological polar surface area (TPSA) is 42.0 Å². The lowest BCUT2D eigenvalue weighted by molar-refractivity contribution is -0.130. The number of nitrogens with zero attached hydrogens (tertiary/aromatic N) is 2. The molecule has 176 valence electrons. The summed E-state index contributed by atoms with van der Waals surface area (Å²) in [6.45, 7) is 9.87. The lowest BCUT2D eigenvalue weighted by atomic mass is 10.0. The van der Waals surface area contributed by atoms with Crippen LogP contribution in [0.5, 0.6) is 0 Å². The highest BCUT2D eigenvalue weighted by atomic mass is 35.5. The van der Waals surface area contributed by atoms with E-state index in [4.69, 9.17) is 32.7 Å². The summed E-state index contributed by atoms with van der Waals surface area (Å²) in [5.74, 6) is 0.000985. The lowest BCUT2D eigenvalue weighted by Gasteiger charge is -2.32. The predicted octanol–water partition coefficient (Wildman–Crippen LogP) is 4.79. The van der Waals surface area contributed by atoms with Crippen LogP contribution in [0.3, 0.4) is 0 Å². The van der Waals surface area contributed by atoms with Crippen LogP contribution in [0.4, 0.5) is 0 Å². The molecule has 1 fully saturated rings. The fourth-order valence-electron chi connectivity index (χ4n) is 3.65. The fourth-order valence-corrected chi connectivity index (χ4v) is 3.97. The molecule has 0 aliphatic carbocycles. The van der Waals surface area contributed by atoms with Gasteiger partial charge in [-0.05, 0) is 36.6 Å². The smallest absolute Gasteiger partial charge is 0.227 e. The first-order valence-corrected chi connectivity index (χ1v) is 11.6. The fraction of sp³-hybridized carbons (Fsp3) is 0.480. The van der Waals surface area contributed by atoms with Gasteiger partial charge < -0.3 is 14.4 Å².